The molecule has 3 N–H and O–H groups in total. The lowest BCUT2D eigenvalue weighted by Gasteiger charge is -2.17. The number of aromatic hydroxyl groups is 1. The Morgan fingerprint density at radius 1 is 1.12 bits per heavy atom. The molecule has 4 nitrogen and oxygen atoms in total. The van der Waals surface area contributed by atoms with Gasteiger partial charge in [-0.15, -0.1) is 0 Å². The van der Waals surface area contributed by atoms with Gasteiger partial charge in [-0.2, -0.15) is 0 Å². The van der Waals surface area contributed by atoms with Gasteiger partial charge in [0.25, 0.3) is 0 Å². The first-order valence-electron chi connectivity index (χ1n) is 7.92. The number of phenolic OH excluding ortho intramolecular Hbond substituents is 1. The molecule has 24 heavy (non-hydrogen) atoms. The Morgan fingerprint density at radius 3 is 2.33 bits per heavy atom. The van der Waals surface area contributed by atoms with Crippen molar-refractivity contribution in [2.45, 2.75) is 26.3 Å². The maximum absolute atomic E-state index is 12.3. The highest BCUT2D eigenvalue weighted by molar-refractivity contribution is 5.97. The molecule has 0 saturated carbocycles. The van der Waals surface area contributed by atoms with Crippen LogP contribution < -0.4 is 5.32 Å². The van der Waals surface area contributed by atoms with E-state index in [1.54, 1.807) is 31.2 Å². The lowest BCUT2D eigenvalue weighted by Crippen LogP contribution is -2.39. The summed E-state index contributed by atoms with van der Waals surface area (Å²) in [5, 5.41) is 21.6. The molecular weight excluding hydrogens is 302 g/mol. The Balaban J connectivity index is 1.99. The zero-order valence-electron chi connectivity index (χ0n) is 14.0. The van der Waals surface area contributed by atoms with Crippen molar-refractivity contribution in [2.75, 3.05) is 6.61 Å². The summed E-state index contributed by atoms with van der Waals surface area (Å²) in [6.45, 7) is 3.62. The number of aliphatic hydroxyl groups excluding tert-OH is 1. The highest BCUT2D eigenvalue weighted by Gasteiger charge is 2.13. The van der Waals surface area contributed by atoms with Crippen molar-refractivity contribution < 1.29 is 15.0 Å². The third kappa shape index (κ3) is 5.25. The van der Waals surface area contributed by atoms with Gasteiger partial charge in [0.15, 0.2) is 0 Å². The molecule has 0 aliphatic heterocycles. The summed E-state index contributed by atoms with van der Waals surface area (Å²) in [4.78, 5) is 12.3. The van der Waals surface area contributed by atoms with E-state index in [0.29, 0.717) is 12.0 Å². The Morgan fingerprint density at radius 2 is 1.75 bits per heavy atom. The predicted octanol–water partition coefficient (Wildman–Crippen LogP) is 2.82. The van der Waals surface area contributed by atoms with Crippen molar-refractivity contribution in [2.24, 2.45) is 0 Å². The molecule has 2 aromatic rings. The molecule has 2 aromatic carbocycles. The number of nitrogens with one attached hydrogen (secondary N) is 1. The van der Waals surface area contributed by atoms with Gasteiger partial charge in [0.05, 0.1) is 12.6 Å². The van der Waals surface area contributed by atoms with Crippen molar-refractivity contribution in [1.82, 2.24) is 5.32 Å². The summed E-state index contributed by atoms with van der Waals surface area (Å²) in [7, 11) is 0. The molecule has 0 aliphatic carbocycles. The van der Waals surface area contributed by atoms with Gasteiger partial charge in [0, 0.05) is 5.57 Å². The highest BCUT2D eigenvalue weighted by Crippen LogP contribution is 2.12. The van der Waals surface area contributed by atoms with E-state index >= 15 is 0 Å². The quantitative estimate of drug-likeness (QED) is 0.715. The van der Waals surface area contributed by atoms with E-state index in [1.165, 1.54) is 5.56 Å². The van der Waals surface area contributed by atoms with Gasteiger partial charge in [0.1, 0.15) is 5.75 Å². The van der Waals surface area contributed by atoms with Gasteiger partial charge in [-0.1, -0.05) is 42.0 Å². The van der Waals surface area contributed by atoms with Crippen LogP contribution in [0.5, 0.6) is 5.75 Å². The zero-order valence-corrected chi connectivity index (χ0v) is 14.0. The standard InChI is InChI=1S/C20H23NO3/c1-14-3-5-16(6-4-14)11-15(2)20(24)21-18(13-22)12-17-7-9-19(23)10-8-17/h3-11,18,22-23H,12-13H2,1-2H3,(H,21,24)/b15-11-/t18-/m0/s1. The second-order valence-electron chi connectivity index (χ2n) is 5.96. The summed E-state index contributed by atoms with van der Waals surface area (Å²) >= 11 is 0. The summed E-state index contributed by atoms with van der Waals surface area (Å²) in [6, 6.07) is 14.3. The average Bonchev–Trinajstić information content (AvgIpc) is 2.58. The number of aryl methyl sites for hydroxylation is 1. The van der Waals surface area contributed by atoms with Gasteiger partial charge in [-0.05, 0) is 49.6 Å². The summed E-state index contributed by atoms with van der Waals surface area (Å²) in [6.07, 6.45) is 2.32. The van der Waals surface area contributed by atoms with Crippen LogP contribution in [0, 0.1) is 6.92 Å². The minimum absolute atomic E-state index is 0.148. The SMILES string of the molecule is C/C(=C/c1ccc(C)cc1)C(=O)N[C@H](CO)Cc1ccc(O)cc1. The maximum Gasteiger partial charge on any atom is 0.247 e. The third-order valence-electron chi connectivity index (χ3n) is 3.79. The van der Waals surface area contributed by atoms with Crippen LogP contribution >= 0.6 is 0 Å². The molecule has 0 saturated heterocycles. The van der Waals surface area contributed by atoms with Crippen molar-refractivity contribution in [3.05, 3.63) is 70.8 Å². The molecule has 2 rings (SSSR count). The van der Waals surface area contributed by atoms with E-state index in [4.69, 9.17) is 0 Å². The summed E-state index contributed by atoms with van der Waals surface area (Å²) < 4.78 is 0. The number of benzene rings is 2. The highest BCUT2D eigenvalue weighted by atomic mass is 16.3. The largest absolute Gasteiger partial charge is 0.508 e. The molecule has 0 unspecified atom stereocenters. The topological polar surface area (TPSA) is 69.6 Å². The number of amides is 1. The maximum atomic E-state index is 12.3. The van der Waals surface area contributed by atoms with Crippen LogP contribution in [-0.4, -0.2) is 28.8 Å². The van der Waals surface area contributed by atoms with Crippen LogP contribution in [0.1, 0.15) is 23.6 Å². The van der Waals surface area contributed by atoms with Gasteiger partial charge in [-0.25, -0.2) is 0 Å². The van der Waals surface area contributed by atoms with Crippen molar-refractivity contribution >= 4 is 12.0 Å². The number of hydrogen-bond acceptors (Lipinski definition) is 3. The molecular formula is C20H23NO3. The fourth-order valence-electron chi connectivity index (χ4n) is 2.36. The molecule has 4 heteroatoms. The normalized spacial score (nSPS) is 12.7. The van der Waals surface area contributed by atoms with Crippen LogP contribution in [0.4, 0.5) is 0 Å². The number of carbonyl (C=O) groups excluding carboxylic acids is 1. The third-order valence-corrected chi connectivity index (χ3v) is 3.79. The Bertz CT molecular complexity index is 703. The van der Waals surface area contributed by atoms with Gasteiger partial charge >= 0.3 is 0 Å². The van der Waals surface area contributed by atoms with E-state index in [-0.39, 0.29) is 24.3 Å². The van der Waals surface area contributed by atoms with Crippen molar-refractivity contribution in [1.29, 1.82) is 0 Å². The first kappa shape index (κ1) is 17.8. The second-order valence-corrected chi connectivity index (χ2v) is 5.96. The number of carbonyl (C=O) groups is 1. The molecule has 0 fully saturated rings. The van der Waals surface area contributed by atoms with E-state index in [0.717, 1.165) is 11.1 Å². The fraction of sp³-hybridized carbons (Fsp3) is 0.250. The lowest BCUT2D eigenvalue weighted by molar-refractivity contribution is -0.118. The monoisotopic (exact) mass is 325 g/mol. The Hall–Kier alpha value is -2.59. The lowest BCUT2D eigenvalue weighted by atomic mass is 10.1. The molecule has 0 aliphatic rings. The van der Waals surface area contributed by atoms with Gasteiger partial charge in [0.2, 0.25) is 5.91 Å². The van der Waals surface area contributed by atoms with Gasteiger partial charge < -0.3 is 15.5 Å². The first-order chi connectivity index (χ1) is 11.5. The molecule has 126 valence electrons. The Labute approximate surface area is 142 Å². The molecule has 0 radical (unpaired) electrons. The van der Waals surface area contributed by atoms with E-state index in [1.807, 2.05) is 37.3 Å². The molecule has 1 atom stereocenters. The summed E-state index contributed by atoms with van der Waals surface area (Å²) in [5.74, 6) is -0.00591. The van der Waals surface area contributed by atoms with Crippen LogP contribution in [0.25, 0.3) is 6.08 Å². The van der Waals surface area contributed by atoms with Crippen LogP contribution in [-0.2, 0) is 11.2 Å². The number of aliphatic hydroxyl groups is 1. The second kappa shape index (κ2) is 8.31. The fourth-order valence-corrected chi connectivity index (χ4v) is 2.36. The number of hydrogen-bond donors (Lipinski definition) is 3. The minimum Gasteiger partial charge on any atom is -0.508 e. The first-order valence-corrected chi connectivity index (χ1v) is 7.92. The molecule has 1 amide bonds. The molecule has 0 heterocycles. The smallest absolute Gasteiger partial charge is 0.247 e. The van der Waals surface area contributed by atoms with Crippen molar-refractivity contribution in [3.63, 3.8) is 0 Å². The zero-order chi connectivity index (χ0) is 17.5. The number of rotatable bonds is 6. The predicted molar refractivity (Wildman–Crippen MR) is 95.7 cm³/mol. The molecule has 0 bridgehead atoms. The van der Waals surface area contributed by atoms with Crippen LogP contribution in [0.3, 0.4) is 0 Å². The van der Waals surface area contributed by atoms with E-state index in [9.17, 15) is 15.0 Å². The summed E-state index contributed by atoms with van der Waals surface area (Å²) in [5.41, 5.74) is 3.66. The molecule has 0 aromatic heterocycles. The Kier molecular flexibility index (Phi) is 6.15. The van der Waals surface area contributed by atoms with Crippen LogP contribution in [0.15, 0.2) is 54.1 Å². The van der Waals surface area contributed by atoms with E-state index < -0.39 is 0 Å². The number of phenols is 1. The van der Waals surface area contributed by atoms with Crippen molar-refractivity contribution in [3.8, 4) is 5.75 Å². The van der Waals surface area contributed by atoms with E-state index in [2.05, 4.69) is 5.32 Å². The average molecular weight is 325 g/mol. The van der Waals surface area contributed by atoms with Crippen LogP contribution in [0.2, 0.25) is 0 Å². The molecule has 0 spiro atoms. The van der Waals surface area contributed by atoms with Gasteiger partial charge in [-0.3, -0.25) is 4.79 Å². The minimum atomic E-state index is -0.372.